The molecular formula is C16H19N5OS. The fourth-order valence-corrected chi connectivity index (χ4v) is 3.71. The number of amides is 1. The van der Waals surface area contributed by atoms with Crippen molar-refractivity contribution in [2.45, 2.75) is 55.0 Å². The molecule has 0 aliphatic heterocycles. The number of aromatic nitrogens is 3. The zero-order valence-corrected chi connectivity index (χ0v) is 13.8. The van der Waals surface area contributed by atoms with Gasteiger partial charge in [0.2, 0.25) is 5.91 Å². The fourth-order valence-electron chi connectivity index (χ4n) is 2.87. The second kappa shape index (κ2) is 6.59. The topological polar surface area (TPSA) is 83.1 Å². The summed E-state index contributed by atoms with van der Waals surface area (Å²) in [6, 6.07) is 7.98. The minimum Gasteiger partial charge on any atom is -0.337 e. The molecule has 1 aliphatic carbocycles. The van der Waals surface area contributed by atoms with Gasteiger partial charge < -0.3 is 5.32 Å². The normalized spacial score (nSPS) is 18.3. The highest BCUT2D eigenvalue weighted by Gasteiger charge is 2.35. The van der Waals surface area contributed by atoms with Gasteiger partial charge in [0, 0.05) is 6.20 Å². The van der Waals surface area contributed by atoms with Gasteiger partial charge in [-0.3, -0.25) is 9.20 Å². The SMILES string of the molecule is C[C@@H](Sc1nnc2ccccn12)C(=O)NC1(C#N)CCCCC1. The molecule has 2 aromatic rings. The minimum atomic E-state index is -0.697. The summed E-state index contributed by atoms with van der Waals surface area (Å²) in [7, 11) is 0. The number of hydrogen-bond donors (Lipinski definition) is 1. The lowest BCUT2D eigenvalue weighted by molar-refractivity contribution is -0.121. The van der Waals surface area contributed by atoms with Gasteiger partial charge in [0.25, 0.3) is 0 Å². The summed E-state index contributed by atoms with van der Waals surface area (Å²) in [6.45, 7) is 1.83. The van der Waals surface area contributed by atoms with Crippen LogP contribution in [-0.4, -0.2) is 31.3 Å². The summed E-state index contributed by atoms with van der Waals surface area (Å²) >= 11 is 1.35. The molecule has 0 saturated heterocycles. The van der Waals surface area contributed by atoms with Crippen LogP contribution in [0, 0.1) is 11.3 Å². The zero-order chi connectivity index (χ0) is 16.3. The maximum atomic E-state index is 12.5. The van der Waals surface area contributed by atoms with Crippen LogP contribution in [0.5, 0.6) is 0 Å². The van der Waals surface area contributed by atoms with E-state index in [9.17, 15) is 10.1 Å². The molecule has 2 heterocycles. The Bertz CT molecular complexity index is 744. The van der Waals surface area contributed by atoms with Crippen LogP contribution in [0.15, 0.2) is 29.6 Å². The molecule has 120 valence electrons. The molecule has 3 rings (SSSR count). The molecule has 7 heteroatoms. The summed E-state index contributed by atoms with van der Waals surface area (Å²) in [5.41, 5.74) is 0.0558. The number of nitrogens with zero attached hydrogens (tertiary/aromatic N) is 4. The first kappa shape index (κ1) is 15.8. The lowest BCUT2D eigenvalue weighted by Crippen LogP contribution is -2.50. The lowest BCUT2D eigenvalue weighted by atomic mass is 9.83. The van der Waals surface area contributed by atoms with Gasteiger partial charge >= 0.3 is 0 Å². The first-order valence-corrected chi connectivity index (χ1v) is 8.71. The standard InChI is InChI=1S/C16H19N5OS/c1-12(14(22)18-16(11-17)8-4-2-5-9-16)23-15-20-19-13-7-3-6-10-21(13)15/h3,6-7,10,12H,2,4-5,8-9H2,1H3,(H,18,22)/t12-/m1/s1. The number of nitrogens with one attached hydrogen (secondary N) is 1. The molecule has 0 aromatic carbocycles. The minimum absolute atomic E-state index is 0.119. The van der Waals surface area contributed by atoms with Gasteiger partial charge in [-0.1, -0.05) is 37.1 Å². The number of thioether (sulfide) groups is 1. The molecule has 1 atom stereocenters. The summed E-state index contributed by atoms with van der Waals surface area (Å²) in [6.07, 6.45) is 6.46. The van der Waals surface area contributed by atoms with Crippen molar-refractivity contribution in [2.75, 3.05) is 0 Å². The van der Waals surface area contributed by atoms with E-state index in [0.29, 0.717) is 5.16 Å². The highest BCUT2D eigenvalue weighted by molar-refractivity contribution is 8.00. The number of fused-ring (bicyclic) bond motifs is 1. The number of carbonyl (C=O) groups is 1. The summed E-state index contributed by atoms with van der Waals surface area (Å²) in [5.74, 6) is -0.119. The van der Waals surface area contributed by atoms with Gasteiger partial charge in [0.05, 0.1) is 11.3 Å². The van der Waals surface area contributed by atoms with Crippen LogP contribution in [-0.2, 0) is 4.79 Å². The van der Waals surface area contributed by atoms with Crippen LogP contribution in [0.3, 0.4) is 0 Å². The monoisotopic (exact) mass is 329 g/mol. The average Bonchev–Trinajstić information content (AvgIpc) is 2.99. The van der Waals surface area contributed by atoms with Crippen LogP contribution in [0.1, 0.15) is 39.0 Å². The quantitative estimate of drug-likeness (QED) is 0.872. The van der Waals surface area contributed by atoms with E-state index in [0.717, 1.165) is 37.8 Å². The van der Waals surface area contributed by atoms with E-state index in [2.05, 4.69) is 21.6 Å². The first-order valence-electron chi connectivity index (χ1n) is 7.83. The lowest BCUT2D eigenvalue weighted by Gasteiger charge is -2.32. The predicted molar refractivity (Wildman–Crippen MR) is 87.9 cm³/mol. The highest BCUT2D eigenvalue weighted by Crippen LogP contribution is 2.29. The Morgan fingerprint density at radius 1 is 1.39 bits per heavy atom. The molecule has 1 saturated carbocycles. The molecule has 23 heavy (non-hydrogen) atoms. The maximum Gasteiger partial charge on any atom is 0.234 e. The Kier molecular flexibility index (Phi) is 4.53. The van der Waals surface area contributed by atoms with Crippen molar-refractivity contribution in [3.8, 4) is 6.07 Å². The maximum absolute atomic E-state index is 12.5. The van der Waals surface area contributed by atoms with Crippen LogP contribution in [0.4, 0.5) is 0 Å². The Balaban J connectivity index is 1.69. The summed E-state index contributed by atoms with van der Waals surface area (Å²) in [5, 5.41) is 21.0. The predicted octanol–water partition coefficient (Wildman–Crippen LogP) is 2.55. The van der Waals surface area contributed by atoms with Gasteiger partial charge in [0.1, 0.15) is 5.54 Å². The van der Waals surface area contributed by atoms with E-state index in [1.807, 2.05) is 35.7 Å². The van der Waals surface area contributed by atoms with Crippen LogP contribution in [0.2, 0.25) is 0 Å². The highest BCUT2D eigenvalue weighted by atomic mass is 32.2. The van der Waals surface area contributed by atoms with Crippen molar-refractivity contribution >= 4 is 23.3 Å². The van der Waals surface area contributed by atoms with Gasteiger partial charge in [0.15, 0.2) is 10.8 Å². The number of carbonyl (C=O) groups excluding carboxylic acids is 1. The Morgan fingerprint density at radius 2 is 2.17 bits per heavy atom. The third-order valence-corrected chi connectivity index (χ3v) is 5.27. The van der Waals surface area contributed by atoms with Crippen molar-refractivity contribution in [3.63, 3.8) is 0 Å². The van der Waals surface area contributed by atoms with Gasteiger partial charge in [-0.15, -0.1) is 10.2 Å². The summed E-state index contributed by atoms with van der Waals surface area (Å²) < 4.78 is 1.86. The zero-order valence-electron chi connectivity index (χ0n) is 13.0. The molecule has 1 fully saturated rings. The van der Waals surface area contributed by atoms with Crippen LogP contribution >= 0.6 is 11.8 Å². The van der Waals surface area contributed by atoms with Crippen LogP contribution in [0.25, 0.3) is 5.65 Å². The van der Waals surface area contributed by atoms with Gasteiger partial charge in [-0.25, -0.2) is 0 Å². The van der Waals surface area contributed by atoms with Crippen molar-refractivity contribution in [1.29, 1.82) is 5.26 Å². The van der Waals surface area contributed by atoms with Gasteiger partial charge in [-0.05, 0) is 31.9 Å². The molecule has 0 bridgehead atoms. The molecular weight excluding hydrogens is 310 g/mol. The van der Waals surface area contributed by atoms with E-state index in [4.69, 9.17) is 0 Å². The average molecular weight is 329 g/mol. The van der Waals surface area contributed by atoms with E-state index in [1.165, 1.54) is 11.8 Å². The van der Waals surface area contributed by atoms with E-state index in [-0.39, 0.29) is 11.2 Å². The van der Waals surface area contributed by atoms with Crippen molar-refractivity contribution in [2.24, 2.45) is 0 Å². The van der Waals surface area contributed by atoms with E-state index in [1.54, 1.807) is 0 Å². The Morgan fingerprint density at radius 3 is 2.91 bits per heavy atom. The number of pyridine rings is 1. The molecule has 0 spiro atoms. The molecule has 6 nitrogen and oxygen atoms in total. The molecule has 1 N–H and O–H groups in total. The summed E-state index contributed by atoms with van der Waals surface area (Å²) in [4.78, 5) is 12.5. The smallest absolute Gasteiger partial charge is 0.234 e. The van der Waals surface area contributed by atoms with Crippen molar-refractivity contribution < 1.29 is 4.79 Å². The van der Waals surface area contributed by atoms with E-state index >= 15 is 0 Å². The van der Waals surface area contributed by atoms with Crippen LogP contribution < -0.4 is 5.32 Å². The second-order valence-electron chi connectivity index (χ2n) is 5.92. The Labute approximate surface area is 139 Å². The largest absolute Gasteiger partial charge is 0.337 e. The Hall–Kier alpha value is -2.07. The fraction of sp³-hybridized carbons (Fsp3) is 0.500. The number of rotatable bonds is 4. The first-order chi connectivity index (χ1) is 11.1. The molecule has 1 aliphatic rings. The van der Waals surface area contributed by atoms with Crippen molar-refractivity contribution in [1.82, 2.24) is 19.9 Å². The molecule has 1 amide bonds. The van der Waals surface area contributed by atoms with Gasteiger partial charge in [-0.2, -0.15) is 5.26 Å². The van der Waals surface area contributed by atoms with E-state index < -0.39 is 5.54 Å². The second-order valence-corrected chi connectivity index (χ2v) is 7.22. The molecule has 0 radical (unpaired) electrons. The van der Waals surface area contributed by atoms with Crippen molar-refractivity contribution in [3.05, 3.63) is 24.4 Å². The third-order valence-electron chi connectivity index (χ3n) is 4.22. The number of nitriles is 1. The number of hydrogen-bond acceptors (Lipinski definition) is 5. The molecule has 0 unspecified atom stereocenters. The third kappa shape index (κ3) is 3.32. The molecule has 2 aromatic heterocycles.